The van der Waals surface area contributed by atoms with Gasteiger partial charge in [0, 0.05) is 30.4 Å². The molecular weight excluding hydrogens is 302 g/mol. The number of amides is 2. The maximum absolute atomic E-state index is 12.6. The summed E-state index contributed by atoms with van der Waals surface area (Å²) in [4.78, 5) is 26.7. The number of anilines is 1. The molecule has 1 aromatic carbocycles. The molecule has 0 bridgehead atoms. The summed E-state index contributed by atoms with van der Waals surface area (Å²) in [6.07, 6.45) is 2.13. The summed E-state index contributed by atoms with van der Waals surface area (Å²) in [5.74, 6) is 0.408. The fourth-order valence-corrected chi connectivity index (χ4v) is 2.82. The third kappa shape index (κ3) is 4.35. The fraction of sp³-hybridized carbons (Fsp3) is 0.579. The molecular formula is C19H29N3O2. The molecule has 2 unspecified atom stereocenters. The van der Waals surface area contributed by atoms with Crippen molar-refractivity contribution in [2.45, 2.75) is 46.6 Å². The van der Waals surface area contributed by atoms with Crippen molar-refractivity contribution in [2.75, 3.05) is 18.4 Å². The number of nitrogens with one attached hydrogen (secondary N) is 1. The molecule has 1 aromatic rings. The minimum absolute atomic E-state index is 0.0758. The van der Waals surface area contributed by atoms with Crippen molar-refractivity contribution in [3.05, 3.63) is 29.3 Å². The molecule has 24 heavy (non-hydrogen) atoms. The molecule has 3 N–H and O–H groups in total. The van der Waals surface area contributed by atoms with Gasteiger partial charge < -0.3 is 16.0 Å². The molecule has 1 aliphatic heterocycles. The molecule has 5 nitrogen and oxygen atoms in total. The molecule has 1 heterocycles. The van der Waals surface area contributed by atoms with Crippen molar-refractivity contribution in [2.24, 2.45) is 17.6 Å². The Kier molecular flexibility index (Phi) is 5.99. The Hall–Kier alpha value is -1.88. The number of nitrogens with zero attached hydrogens (tertiary/aromatic N) is 1. The predicted octanol–water partition coefficient (Wildman–Crippen LogP) is 2.79. The predicted molar refractivity (Wildman–Crippen MR) is 96.9 cm³/mol. The third-order valence-corrected chi connectivity index (χ3v) is 5.00. The number of hydrogen-bond acceptors (Lipinski definition) is 3. The Morgan fingerprint density at radius 1 is 1.25 bits per heavy atom. The second-order valence-corrected chi connectivity index (χ2v) is 7.14. The second kappa shape index (κ2) is 7.79. The van der Waals surface area contributed by atoms with E-state index in [-0.39, 0.29) is 23.8 Å². The maximum Gasteiger partial charge on any atom is 0.253 e. The van der Waals surface area contributed by atoms with Crippen molar-refractivity contribution in [1.82, 2.24) is 4.90 Å². The van der Waals surface area contributed by atoms with Gasteiger partial charge in [0.1, 0.15) is 0 Å². The van der Waals surface area contributed by atoms with Gasteiger partial charge in [0.15, 0.2) is 0 Å². The molecule has 1 fully saturated rings. The van der Waals surface area contributed by atoms with Crippen molar-refractivity contribution in [3.63, 3.8) is 0 Å². The van der Waals surface area contributed by atoms with E-state index in [4.69, 9.17) is 5.73 Å². The molecule has 0 aromatic heterocycles. The molecule has 1 aliphatic rings. The lowest BCUT2D eigenvalue weighted by atomic mass is 9.98. The lowest BCUT2D eigenvalue weighted by Crippen LogP contribution is -2.38. The van der Waals surface area contributed by atoms with Crippen LogP contribution in [0.1, 0.15) is 49.5 Å². The monoisotopic (exact) mass is 331 g/mol. The van der Waals surface area contributed by atoms with E-state index in [0.717, 1.165) is 37.2 Å². The largest absolute Gasteiger partial charge is 0.339 e. The minimum Gasteiger partial charge on any atom is -0.339 e. The number of carbonyl (C=O) groups excluding carboxylic acids is 2. The number of hydrogen-bond donors (Lipinski definition) is 2. The third-order valence-electron chi connectivity index (χ3n) is 5.00. The first-order valence-corrected chi connectivity index (χ1v) is 8.76. The molecule has 0 aliphatic carbocycles. The molecule has 0 spiro atoms. The van der Waals surface area contributed by atoms with E-state index >= 15 is 0 Å². The summed E-state index contributed by atoms with van der Waals surface area (Å²) in [7, 11) is 0. The summed E-state index contributed by atoms with van der Waals surface area (Å²) in [6, 6.07) is 5.25. The van der Waals surface area contributed by atoms with Crippen molar-refractivity contribution in [1.29, 1.82) is 0 Å². The SMILES string of the molecule is Cc1cc(C(=O)N2CCC(C)CC2)ccc1NC(=O)C(C)C(C)N. The van der Waals surface area contributed by atoms with Crippen LogP contribution in [0.2, 0.25) is 0 Å². The van der Waals surface area contributed by atoms with Gasteiger partial charge in [0.2, 0.25) is 5.91 Å². The second-order valence-electron chi connectivity index (χ2n) is 7.14. The number of nitrogens with two attached hydrogens (primary N) is 1. The molecule has 0 saturated carbocycles. The number of piperidine rings is 1. The molecule has 5 heteroatoms. The van der Waals surface area contributed by atoms with Crippen LogP contribution in [0.15, 0.2) is 18.2 Å². The average molecular weight is 331 g/mol. The van der Waals surface area contributed by atoms with E-state index < -0.39 is 0 Å². The summed E-state index contributed by atoms with van der Waals surface area (Å²) >= 11 is 0. The number of rotatable bonds is 4. The van der Waals surface area contributed by atoms with E-state index in [1.807, 2.05) is 31.7 Å². The smallest absolute Gasteiger partial charge is 0.253 e. The summed E-state index contributed by atoms with van der Waals surface area (Å²) in [6.45, 7) is 9.41. The van der Waals surface area contributed by atoms with Gasteiger partial charge in [0.05, 0.1) is 5.92 Å². The normalized spacial score (nSPS) is 18.1. The first kappa shape index (κ1) is 18.5. The molecule has 2 atom stereocenters. The van der Waals surface area contributed by atoms with Crippen molar-refractivity contribution >= 4 is 17.5 Å². The van der Waals surface area contributed by atoms with Crippen LogP contribution in [0.5, 0.6) is 0 Å². The van der Waals surface area contributed by atoms with E-state index in [1.54, 1.807) is 12.1 Å². The Bertz CT molecular complexity index is 605. The zero-order valence-corrected chi connectivity index (χ0v) is 15.1. The minimum atomic E-state index is -0.263. The van der Waals surface area contributed by atoms with Crippen LogP contribution in [0, 0.1) is 18.8 Å². The molecule has 132 valence electrons. The van der Waals surface area contributed by atoms with Crippen LogP contribution in [0.25, 0.3) is 0 Å². The van der Waals surface area contributed by atoms with Crippen molar-refractivity contribution < 1.29 is 9.59 Å². The van der Waals surface area contributed by atoms with E-state index in [0.29, 0.717) is 11.5 Å². The Labute approximate surface area is 144 Å². The van der Waals surface area contributed by atoms with Crippen molar-refractivity contribution in [3.8, 4) is 0 Å². The number of aryl methyl sites for hydroxylation is 1. The van der Waals surface area contributed by atoms with Gasteiger partial charge in [-0.3, -0.25) is 9.59 Å². The van der Waals surface area contributed by atoms with E-state index in [9.17, 15) is 9.59 Å². The highest BCUT2D eigenvalue weighted by Crippen LogP contribution is 2.22. The van der Waals surface area contributed by atoms with Gasteiger partial charge >= 0.3 is 0 Å². The molecule has 1 saturated heterocycles. The van der Waals surface area contributed by atoms with Gasteiger partial charge in [0.25, 0.3) is 5.91 Å². The molecule has 0 radical (unpaired) electrons. The molecule has 2 rings (SSSR count). The zero-order chi connectivity index (χ0) is 17.9. The van der Waals surface area contributed by atoms with E-state index in [2.05, 4.69) is 12.2 Å². The van der Waals surface area contributed by atoms with Gasteiger partial charge in [-0.25, -0.2) is 0 Å². The van der Waals surface area contributed by atoms with Crippen LogP contribution in [-0.4, -0.2) is 35.8 Å². The number of likely N-dealkylation sites (tertiary alicyclic amines) is 1. The first-order chi connectivity index (χ1) is 11.3. The highest BCUT2D eigenvalue weighted by atomic mass is 16.2. The standard InChI is InChI=1S/C19H29N3O2/c1-12-7-9-22(10-8-12)19(24)16-5-6-17(13(2)11-16)21-18(23)14(3)15(4)20/h5-6,11-12,14-15H,7-10,20H2,1-4H3,(H,21,23). The van der Waals surface area contributed by atoms with Crippen LogP contribution >= 0.6 is 0 Å². The summed E-state index contributed by atoms with van der Waals surface area (Å²) < 4.78 is 0. The van der Waals surface area contributed by atoms with Gasteiger partial charge in [-0.05, 0) is 56.4 Å². The number of benzene rings is 1. The Morgan fingerprint density at radius 2 is 1.88 bits per heavy atom. The zero-order valence-electron chi connectivity index (χ0n) is 15.1. The lowest BCUT2D eigenvalue weighted by Gasteiger charge is -2.30. The fourth-order valence-electron chi connectivity index (χ4n) is 2.82. The van der Waals surface area contributed by atoms with Crippen LogP contribution in [0.3, 0.4) is 0 Å². The first-order valence-electron chi connectivity index (χ1n) is 8.76. The highest BCUT2D eigenvalue weighted by molar-refractivity contribution is 5.97. The van der Waals surface area contributed by atoms with Gasteiger partial charge in [-0.15, -0.1) is 0 Å². The average Bonchev–Trinajstić information content (AvgIpc) is 2.55. The highest BCUT2D eigenvalue weighted by Gasteiger charge is 2.22. The van der Waals surface area contributed by atoms with Crippen LogP contribution in [-0.2, 0) is 4.79 Å². The van der Waals surface area contributed by atoms with Crippen LogP contribution in [0.4, 0.5) is 5.69 Å². The Morgan fingerprint density at radius 3 is 2.42 bits per heavy atom. The molecule has 2 amide bonds. The van der Waals surface area contributed by atoms with E-state index in [1.165, 1.54) is 0 Å². The summed E-state index contributed by atoms with van der Waals surface area (Å²) in [5, 5.41) is 2.90. The quantitative estimate of drug-likeness (QED) is 0.891. The Balaban J connectivity index is 2.06. The maximum atomic E-state index is 12.6. The number of carbonyl (C=O) groups is 2. The van der Waals surface area contributed by atoms with Gasteiger partial charge in [-0.1, -0.05) is 13.8 Å². The summed E-state index contributed by atoms with van der Waals surface area (Å²) in [5.41, 5.74) is 8.07. The van der Waals surface area contributed by atoms with Crippen LogP contribution < -0.4 is 11.1 Å². The topological polar surface area (TPSA) is 75.4 Å². The lowest BCUT2D eigenvalue weighted by molar-refractivity contribution is -0.119. The van der Waals surface area contributed by atoms with Gasteiger partial charge in [-0.2, -0.15) is 0 Å².